The van der Waals surface area contributed by atoms with Crippen molar-refractivity contribution in [3.8, 4) is 11.3 Å². The third-order valence-electron chi connectivity index (χ3n) is 6.90. The van der Waals surface area contributed by atoms with Crippen molar-refractivity contribution in [1.29, 1.82) is 0 Å². The maximum atomic E-state index is 13.0. The molecular weight excluding hydrogens is 445 g/mol. The van der Waals surface area contributed by atoms with E-state index >= 15 is 0 Å². The lowest BCUT2D eigenvalue weighted by Crippen LogP contribution is -2.48. The van der Waals surface area contributed by atoms with Gasteiger partial charge in [-0.05, 0) is 44.2 Å². The van der Waals surface area contributed by atoms with Gasteiger partial charge in [0.15, 0.2) is 5.65 Å². The van der Waals surface area contributed by atoms with E-state index in [4.69, 9.17) is 10.1 Å². The number of aromatic nitrogens is 3. The molecule has 1 aliphatic rings. The Labute approximate surface area is 196 Å². The number of fused-ring (bicyclic) bond motifs is 1. The van der Waals surface area contributed by atoms with E-state index in [1.807, 2.05) is 13.8 Å². The number of benzene rings is 1. The van der Waals surface area contributed by atoms with E-state index in [1.54, 1.807) is 10.6 Å². The molecule has 1 N–H and O–H groups in total. The summed E-state index contributed by atoms with van der Waals surface area (Å²) < 4.78 is 40.7. The average Bonchev–Trinajstić information content (AvgIpc) is 3.20. The quantitative estimate of drug-likeness (QED) is 0.496. The first-order valence-electron chi connectivity index (χ1n) is 11.5. The number of carboxylic acids is 1. The maximum Gasteiger partial charge on any atom is 0.416 e. The minimum Gasteiger partial charge on any atom is -0.481 e. The van der Waals surface area contributed by atoms with Crippen LogP contribution >= 0.6 is 0 Å². The third kappa shape index (κ3) is 4.12. The van der Waals surface area contributed by atoms with Gasteiger partial charge in [0, 0.05) is 36.0 Å². The predicted molar refractivity (Wildman–Crippen MR) is 124 cm³/mol. The number of aryl methyl sites for hydroxylation is 1. The van der Waals surface area contributed by atoms with Crippen LogP contribution in [-0.4, -0.2) is 38.8 Å². The first-order chi connectivity index (χ1) is 16.0. The smallest absolute Gasteiger partial charge is 0.416 e. The monoisotopic (exact) mass is 474 g/mol. The molecule has 0 amide bonds. The number of anilines is 1. The van der Waals surface area contributed by atoms with Gasteiger partial charge in [0.2, 0.25) is 0 Å². The van der Waals surface area contributed by atoms with Crippen LogP contribution in [-0.2, 0) is 11.0 Å². The fourth-order valence-corrected chi connectivity index (χ4v) is 4.99. The lowest BCUT2D eigenvalue weighted by Gasteiger charge is -2.41. The lowest BCUT2D eigenvalue weighted by atomic mass is 9.77. The molecule has 0 unspecified atom stereocenters. The number of hydrogen-bond donors (Lipinski definition) is 1. The van der Waals surface area contributed by atoms with Gasteiger partial charge in [-0.1, -0.05) is 32.9 Å². The van der Waals surface area contributed by atoms with Crippen LogP contribution in [0.3, 0.4) is 0 Å². The Bertz CT molecular complexity index is 1220. The number of nitrogens with zero attached hydrogens (tertiary/aromatic N) is 4. The zero-order valence-electron chi connectivity index (χ0n) is 19.8. The predicted octanol–water partition coefficient (Wildman–Crippen LogP) is 5.93. The molecule has 1 aliphatic heterocycles. The number of halogens is 3. The van der Waals surface area contributed by atoms with E-state index in [0.717, 1.165) is 35.6 Å². The van der Waals surface area contributed by atoms with Crippen molar-refractivity contribution in [2.45, 2.75) is 59.1 Å². The molecule has 1 atom stereocenters. The summed E-state index contributed by atoms with van der Waals surface area (Å²) in [6, 6.07) is 6.68. The van der Waals surface area contributed by atoms with Gasteiger partial charge in [0.1, 0.15) is 5.82 Å². The highest BCUT2D eigenvalue weighted by Gasteiger charge is 2.42. The van der Waals surface area contributed by atoms with Gasteiger partial charge in [-0.25, -0.2) is 4.98 Å². The Morgan fingerprint density at radius 2 is 1.91 bits per heavy atom. The molecule has 0 bridgehead atoms. The summed E-state index contributed by atoms with van der Waals surface area (Å²) in [5.74, 6) is 0.140. The average molecular weight is 475 g/mol. The largest absolute Gasteiger partial charge is 0.481 e. The summed E-state index contributed by atoms with van der Waals surface area (Å²) >= 11 is 0. The van der Waals surface area contributed by atoms with Gasteiger partial charge in [-0.15, -0.1) is 0 Å². The third-order valence-corrected chi connectivity index (χ3v) is 6.90. The molecule has 3 aromatic rings. The van der Waals surface area contributed by atoms with Crippen molar-refractivity contribution < 1.29 is 23.1 Å². The summed E-state index contributed by atoms with van der Waals surface area (Å²) in [6.07, 6.45) is -2.51. The Hall–Kier alpha value is -3.10. The number of carbonyl (C=O) groups is 1. The maximum absolute atomic E-state index is 13.0. The van der Waals surface area contributed by atoms with Gasteiger partial charge >= 0.3 is 12.1 Å². The topological polar surface area (TPSA) is 70.7 Å². The molecule has 3 heterocycles. The number of aliphatic carboxylic acids is 1. The Morgan fingerprint density at radius 1 is 1.24 bits per heavy atom. The minimum atomic E-state index is -4.40. The summed E-state index contributed by atoms with van der Waals surface area (Å²) in [7, 11) is 0. The van der Waals surface area contributed by atoms with Crippen molar-refractivity contribution >= 4 is 17.4 Å². The molecule has 6 nitrogen and oxygen atoms in total. The van der Waals surface area contributed by atoms with Crippen LogP contribution in [0.25, 0.3) is 16.9 Å². The molecule has 1 aromatic carbocycles. The minimum absolute atomic E-state index is 0.119. The molecule has 1 saturated heterocycles. The van der Waals surface area contributed by atoms with Crippen molar-refractivity contribution in [3.05, 3.63) is 47.2 Å². The normalized spacial score (nSPS) is 19.2. The Morgan fingerprint density at radius 3 is 2.47 bits per heavy atom. The molecule has 4 rings (SSSR count). The Balaban J connectivity index is 1.86. The summed E-state index contributed by atoms with van der Waals surface area (Å²) in [6.45, 7) is 9.03. The highest BCUT2D eigenvalue weighted by molar-refractivity contribution is 5.76. The number of rotatable bonds is 5. The van der Waals surface area contributed by atoms with Crippen molar-refractivity contribution in [2.75, 3.05) is 18.0 Å². The number of piperidine rings is 1. The molecule has 34 heavy (non-hydrogen) atoms. The van der Waals surface area contributed by atoms with Crippen molar-refractivity contribution in [1.82, 2.24) is 14.6 Å². The Kier molecular flexibility index (Phi) is 6.08. The standard InChI is InChI=1S/C25H29F3N4O2/c1-5-24(23(33)34)11-6-12-31(14-24)22-21(15(2)3)16(4)29-20-13-19(30-32(20)22)17-7-9-18(10-8-17)25(26,27)28/h7-10,13,15H,5-6,11-12,14H2,1-4H3,(H,33,34)/t24-/m0/s1. The number of alkyl halides is 3. The van der Waals surface area contributed by atoms with E-state index in [9.17, 15) is 23.1 Å². The lowest BCUT2D eigenvalue weighted by molar-refractivity contribution is -0.149. The van der Waals surface area contributed by atoms with Gasteiger partial charge < -0.3 is 10.0 Å². The molecule has 1 fully saturated rings. The van der Waals surface area contributed by atoms with Crippen LogP contribution in [0.5, 0.6) is 0 Å². The highest BCUT2D eigenvalue weighted by Crippen LogP contribution is 2.39. The van der Waals surface area contributed by atoms with Crippen LogP contribution < -0.4 is 4.90 Å². The van der Waals surface area contributed by atoms with E-state index in [1.165, 1.54) is 12.1 Å². The molecule has 182 valence electrons. The van der Waals surface area contributed by atoms with Crippen LogP contribution in [0.2, 0.25) is 0 Å². The SMILES string of the molecule is CC[C@]1(C(=O)O)CCCN(c2c(C(C)C)c(C)nc3cc(-c4ccc(C(F)(F)F)cc4)nn23)C1. The fraction of sp³-hybridized carbons (Fsp3) is 0.480. The second-order valence-corrected chi connectivity index (χ2v) is 9.43. The van der Waals surface area contributed by atoms with E-state index in [-0.39, 0.29) is 5.92 Å². The van der Waals surface area contributed by atoms with E-state index in [2.05, 4.69) is 18.7 Å². The summed E-state index contributed by atoms with van der Waals surface area (Å²) in [5.41, 5.74) is 1.93. The van der Waals surface area contributed by atoms with Crippen LogP contribution in [0.15, 0.2) is 30.3 Å². The van der Waals surface area contributed by atoms with Gasteiger partial charge in [-0.3, -0.25) is 4.79 Å². The van der Waals surface area contributed by atoms with Crippen LogP contribution in [0.4, 0.5) is 19.0 Å². The summed E-state index contributed by atoms with van der Waals surface area (Å²) in [5, 5.41) is 14.7. The molecule has 0 aliphatic carbocycles. The molecule has 9 heteroatoms. The van der Waals surface area contributed by atoms with E-state index < -0.39 is 23.1 Å². The first-order valence-corrected chi connectivity index (χ1v) is 11.5. The second-order valence-electron chi connectivity index (χ2n) is 9.43. The van der Waals surface area contributed by atoms with Gasteiger partial charge in [0.05, 0.1) is 16.7 Å². The molecule has 2 aromatic heterocycles. The first kappa shape index (κ1) is 24.0. The molecule has 0 spiro atoms. The van der Waals surface area contributed by atoms with Crippen LogP contribution in [0.1, 0.15) is 62.8 Å². The van der Waals surface area contributed by atoms with Crippen molar-refractivity contribution in [3.63, 3.8) is 0 Å². The molecule has 0 saturated carbocycles. The molecular formula is C25H29F3N4O2. The van der Waals surface area contributed by atoms with Gasteiger partial charge in [-0.2, -0.15) is 22.8 Å². The zero-order chi connectivity index (χ0) is 24.8. The highest BCUT2D eigenvalue weighted by atomic mass is 19.4. The number of hydrogen-bond acceptors (Lipinski definition) is 4. The van der Waals surface area contributed by atoms with Gasteiger partial charge in [0.25, 0.3) is 0 Å². The zero-order valence-corrected chi connectivity index (χ0v) is 19.8. The summed E-state index contributed by atoms with van der Waals surface area (Å²) in [4.78, 5) is 19.0. The van der Waals surface area contributed by atoms with Crippen LogP contribution in [0, 0.1) is 12.3 Å². The molecule has 0 radical (unpaired) electrons. The van der Waals surface area contributed by atoms with Crippen molar-refractivity contribution in [2.24, 2.45) is 5.41 Å². The van der Waals surface area contributed by atoms with E-state index in [0.29, 0.717) is 42.8 Å². The second kappa shape index (κ2) is 8.60. The number of carboxylic acid groups (broad SMARTS) is 1. The fourth-order valence-electron chi connectivity index (χ4n) is 4.99.